The Morgan fingerprint density at radius 2 is 2.15 bits per heavy atom. The number of hydrogen-bond donors (Lipinski definition) is 1. The molecule has 0 spiro atoms. The highest BCUT2D eigenvalue weighted by atomic mass is 14.9. The van der Waals surface area contributed by atoms with Gasteiger partial charge in [-0.25, -0.2) is 0 Å². The van der Waals surface area contributed by atoms with Gasteiger partial charge in [-0.05, 0) is 38.5 Å². The van der Waals surface area contributed by atoms with E-state index in [1.54, 1.807) is 0 Å². The van der Waals surface area contributed by atoms with Crippen LogP contribution in [0.3, 0.4) is 0 Å². The van der Waals surface area contributed by atoms with E-state index in [2.05, 4.69) is 38.2 Å². The molecule has 1 nitrogen and oxygen atoms in total. The van der Waals surface area contributed by atoms with Gasteiger partial charge in [0.05, 0.1) is 0 Å². The number of hydrogen-bond acceptors (Lipinski definition) is 1. The molecule has 0 aliphatic heterocycles. The molecule has 0 amide bonds. The molecule has 0 radical (unpaired) electrons. The van der Waals surface area contributed by atoms with Crippen molar-refractivity contribution < 1.29 is 0 Å². The lowest BCUT2D eigenvalue weighted by atomic mass is 10.00. The highest BCUT2D eigenvalue weighted by Gasteiger charge is 2.11. The average Bonchev–Trinajstić information content (AvgIpc) is 2.04. The molecule has 0 saturated heterocycles. The third-order valence-corrected chi connectivity index (χ3v) is 2.58. The molecule has 2 atom stereocenters. The van der Waals surface area contributed by atoms with Crippen LogP contribution in [0.25, 0.3) is 0 Å². The predicted octanol–water partition coefficient (Wildman–Crippen LogP) is 3.12. The zero-order valence-corrected chi connectivity index (χ0v) is 9.22. The molecule has 0 aromatic heterocycles. The molecular formula is C12H23N. The van der Waals surface area contributed by atoms with Crippen LogP contribution >= 0.6 is 0 Å². The minimum absolute atomic E-state index is 0.641. The fourth-order valence-corrected chi connectivity index (χ4v) is 2.09. The van der Waals surface area contributed by atoms with Crippen LogP contribution in [0.15, 0.2) is 12.2 Å². The van der Waals surface area contributed by atoms with Crippen LogP contribution in [0.1, 0.15) is 46.5 Å². The Morgan fingerprint density at radius 1 is 1.38 bits per heavy atom. The Hall–Kier alpha value is -0.300. The summed E-state index contributed by atoms with van der Waals surface area (Å²) in [6.07, 6.45) is 9.87. The van der Waals surface area contributed by atoms with E-state index in [9.17, 15) is 0 Å². The Morgan fingerprint density at radius 3 is 2.69 bits per heavy atom. The van der Waals surface area contributed by atoms with Gasteiger partial charge < -0.3 is 5.32 Å². The Labute approximate surface area is 82.6 Å². The van der Waals surface area contributed by atoms with Gasteiger partial charge in [-0.15, -0.1) is 0 Å². The van der Waals surface area contributed by atoms with Crippen molar-refractivity contribution in [1.82, 2.24) is 5.32 Å². The van der Waals surface area contributed by atoms with Crippen molar-refractivity contribution in [1.29, 1.82) is 0 Å². The van der Waals surface area contributed by atoms with Crippen LogP contribution in [0.5, 0.6) is 0 Å². The van der Waals surface area contributed by atoms with Gasteiger partial charge in [-0.2, -0.15) is 0 Å². The van der Waals surface area contributed by atoms with Gasteiger partial charge in [-0.1, -0.05) is 26.0 Å². The van der Waals surface area contributed by atoms with Crippen LogP contribution in [0.2, 0.25) is 0 Å². The summed E-state index contributed by atoms with van der Waals surface area (Å²) in [7, 11) is 0. The molecule has 1 aliphatic carbocycles. The molecular weight excluding hydrogens is 158 g/mol. The molecule has 1 N–H and O–H groups in total. The monoisotopic (exact) mass is 181 g/mol. The maximum Gasteiger partial charge on any atom is 0.0252 e. The second-order valence-corrected chi connectivity index (χ2v) is 4.66. The Bertz CT molecular complexity index is 161. The van der Waals surface area contributed by atoms with Crippen molar-refractivity contribution >= 4 is 0 Å². The normalized spacial score (nSPS) is 25.1. The van der Waals surface area contributed by atoms with Crippen LogP contribution in [-0.4, -0.2) is 12.1 Å². The third kappa shape index (κ3) is 4.47. The lowest BCUT2D eigenvalue weighted by molar-refractivity contribution is 0.399. The van der Waals surface area contributed by atoms with E-state index in [0.717, 1.165) is 5.92 Å². The number of rotatable bonds is 4. The smallest absolute Gasteiger partial charge is 0.0252 e. The van der Waals surface area contributed by atoms with Crippen molar-refractivity contribution in [3.05, 3.63) is 12.2 Å². The largest absolute Gasteiger partial charge is 0.308 e. The molecule has 0 heterocycles. The van der Waals surface area contributed by atoms with E-state index in [1.165, 1.54) is 25.7 Å². The van der Waals surface area contributed by atoms with Gasteiger partial charge in [0.1, 0.15) is 0 Å². The quantitative estimate of drug-likeness (QED) is 0.657. The second kappa shape index (κ2) is 5.43. The highest BCUT2D eigenvalue weighted by Crippen LogP contribution is 2.12. The molecule has 0 bridgehead atoms. The number of nitrogens with one attached hydrogen (secondary N) is 1. The van der Waals surface area contributed by atoms with Crippen molar-refractivity contribution in [3.8, 4) is 0 Å². The molecule has 2 unspecified atom stereocenters. The Kier molecular flexibility index (Phi) is 4.51. The van der Waals surface area contributed by atoms with Crippen LogP contribution in [0, 0.1) is 5.92 Å². The van der Waals surface area contributed by atoms with E-state index in [1.807, 2.05) is 0 Å². The second-order valence-electron chi connectivity index (χ2n) is 4.66. The first-order valence-electron chi connectivity index (χ1n) is 5.61. The molecule has 0 aromatic carbocycles. The van der Waals surface area contributed by atoms with Crippen molar-refractivity contribution in [3.63, 3.8) is 0 Å². The molecule has 1 aliphatic rings. The van der Waals surface area contributed by atoms with E-state index >= 15 is 0 Å². The summed E-state index contributed by atoms with van der Waals surface area (Å²) in [4.78, 5) is 0. The first kappa shape index (κ1) is 10.8. The first-order chi connectivity index (χ1) is 6.18. The molecule has 0 fully saturated rings. The van der Waals surface area contributed by atoms with Gasteiger partial charge >= 0.3 is 0 Å². The minimum Gasteiger partial charge on any atom is -0.308 e. The van der Waals surface area contributed by atoms with Gasteiger partial charge in [-0.3, -0.25) is 0 Å². The number of allylic oxidation sites excluding steroid dienone is 1. The fraction of sp³-hybridized carbons (Fsp3) is 0.833. The summed E-state index contributed by atoms with van der Waals surface area (Å²) >= 11 is 0. The molecule has 0 aromatic rings. The van der Waals surface area contributed by atoms with Crippen molar-refractivity contribution in [2.45, 2.75) is 58.5 Å². The van der Waals surface area contributed by atoms with Crippen molar-refractivity contribution in [2.75, 3.05) is 0 Å². The predicted molar refractivity (Wildman–Crippen MR) is 58.8 cm³/mol. The topological polar surface area (TPSA) is 12.0 Å². The maximum absolute atomic E-state index is 3.66. The molecule has 0 saturated carbocycles. The summed E-state index contributed by atoms with van der Waals surface area (Å²) in [5, 5.41) is 3.66. The summed E-state index contributed by atoms with van der Waals surface area (Å²) in [5.74, 6) is 0.801. The van der Waals surface area contributed by atoms with Crippen LogP contribution < -0.4 is 5.32 Å². The third-order valence-electron chi connectivity index (χ3n) is 2.58. The highest BCUT2D eigenvalue weighted by molar-refractivity contribution is 4.98. The zero-order chi connectivity index (χ0) is 9.68. The minimum atomic E-state index is 0.641. The van der Waals surface area contributed by atoms with Crippen LogP contribution in [0.4, 0.5) is 0 Å². The van der Waals surface area contributed by atoms with Gasteiger partial charge in [0.2, 0.25) is 0 Å². The van der Waals surface area contributed by atoms with E-state index in [0.29, 0.717) is 12.1 Å². The molecule has 76 valence electrons. The maximum atomic E-state index is 3.66. The van der Waals surface area contributed by atoms with Crippen molar-refractivity contribution in [2.24, 2.45) is 5.92 Å². The molecule has 1 rings (SSSR count). The lowest BCUT2D eigenvalue weighted by Crippen LogP contribution is -2.36. The molecule has 13 heavy (non-hydrogen) atoms. The molecule has 1 heteroatoms. The Balaban J connectivity index is 2.22. The standard InChI is InChI=1S/C12H23N/c1-10(2)9-11(3)13-12-7-5-4-6-8-12/h5,7,10-13H,4,6,8-9H2,1-3H3. The van der Waals surface area contributed by atoms with Gasteiger partial charge in [0, 0.05) is 12.1 Å². The van der Waals surface area contributed by atoms with Crippen LogP contribution in [-0.2, 0) is 0 Å². The zero-order valence-electron chi connectivity index (χ0n) is 9.22. The van der Waals surface area contributed by atoms with Gasteiger partial charge in [0.15, 0.2) is 0 Å². The first-order valence-corrected chi connectivity index (χ1v) is 5.61. The fourth-order valence-electron chi connectivity index (χ4n) is 2.09. The lowest BCUT2D eigenvalue weighted by Gasteiger charge is -2.23. The summed E-state index contributed by atoms with van der Waals surface area (Å²) in [5.41, 5.74) is 0. The van der Waals surface area contributed by atoms with E-state index < -0.39 is 0 Å². The summed E-state index contributed by atoms with van der Waals surface area (Å²) in [6, 6.07) is 1.30. The average molecular weight is 181 g/mol. The van der Waals surface area contributed by atoms with E-state index in [-0.39, 0.29) is 0 Å². The van der Waals surface area contributed by atoms with E-state index in [4.69, 9.17) is 0 Å². The van der Waals surface area contributed by atoms with Gasteiger partial charge in [0.25, 0.3) is 0 Å². The summed E-state index contributed by atoms with van der Waals surface area (Å²) < 4.78 is 0. The SMILES string of the molecule is CC(C)CC(C)NC1C=CCCC1. The summed E-state index contributed by atoms with van der Waals surface area (Å²) in [6.45, 7) is 6.87.